The molecular formula is C11H13BrN2O2S. The SMILES string of the molecule is NC1(C(=O)O)CCC(Sc2ncccc2Br)C1. The molecule has 2 unspecified atom stereocenters. The zero-order chi connectivity index (χ0) is 12.5. The Morgan fingerprint density at radius 3 is 3.06 bits per heavy atom. The molecule has 6 heteroatoms. The highest BCUT2D eigenvalue weighted by Crippen LogP contribution is 2.40. The number of aromatic nitrogens is 1. The van der Waals surface area contributed by atoms with Gasteiger partial charge in [-0.15, -0.1) is 11.8 Å². The van der Waals surface area contributed by atoms with Crippen molar-refractivity contribution in [2.45, 2.75) is 35.1 Å². The average Bonchev–Trinajstić information content (AvgIpc) is 2.65. The van der Waals surface area contributed by atoms with E-state index in [4.69, 9.17) is 10.8 Å². The van der Waals surface area contributed by atoms with Gasteiger partial charge in [0, 0.05) is 15.9 Å². The maximum atomic E-state index is 11.0. The Kier molecular flexibility index (Phi) is 3.75. The maximum Gasteiger partial charge on any atom is 0.323 e. The topological polar surface area (TPSA) is 76.2 Å². The smallest absolute Gasteiger partial charge is 0.323 e. The maximum absolute atomic E-state index is 11.0. The molecule has 1 saturated carbocycles. The van der Waals surface area contributed by atoms with Crippen LogP contribution in [0.4, 0.5) is 0 Å². The number of carbonyl (C=O) groups is 1. The highest BCUT2D eigenvalue weighted by atomic mass is 79.9. The molecule has 1 aliphatic carbocycles. The third-order valence-corrected chi connectivity index (χ3v) is 5.12. The lowest BCUT2D eigenvalue weighted by atomic mass is 10.0. The lowest BCUT2D eigenvalue weighted by molar-refractivity contribution is -0.143. The summed E-state index contributed by atoms with van der Waals surface area (Å²) >= 11 is 5.03. The van der Waals surface area contributed by atoms with Crippen LogP contribution in [0.1, 0.15) is 19.3 Å². The van der Waals surface area contributed by atoms with Gasteiger partial charge in [0.1, 0.15) is 10.6 Å². The summed E-state index contributed by atoms with van der Waals surface area (Å²) in [6.45, 7) is 0. The summed E-state index contributed by atoms with van der Waals surface area (Å²) in [5.74, 6) is -0.902. The van der Waals surface area contributed by atoms with Gasteiger partial charge >= 0.3 is 5.97 Å². The van der Waals surface area contributed by atoms with Crippen molar-refractivity contribution >= 4 is 33.7 Å². The van der Waals surface area contributed by atoms with Crippen LogP contribution in [0.2, 0.25) is 0 Å². The van der Waals surface area contributed by atoms with E-state index < -0.39 is 11.5 Å². The summed E-state index contributed by atoms with van der Waals surface area (Å²) in [6.07, 6.45) is 3.58. The van der Waals surface area contributed by atoms with Crippen LogP contribution in [0.5, 0.6) is 0 Å². The van der Waals surface area contributed by atoms with Crippen LogP contribution in [0.25, 0.3) is 0 Å². The molecule has 1 aliphatic rings. The van der Waals surface area contributed by atoms with Crippen LogP contribution in [-0.2, 0) is 4.79 Å². The van der Waals surface area contributed by atoms with Crippen LogP contribution in [0.15, 0.2) is 27.8 Å². The van der Waals surface area contributed by atoms with Gasteiger partial charge in [0.05, 0.1) is 0 Å². The van der Waals surface area contributed by atoms with Crippen LogP contribution in [0, 0.1) is 0 Å². The molecule has 1 heterocycles. The number of rotatable bonds is 3. The fourth-order valence-electron chi connectivity index (χ4n) is 1.94. The molecular weight excluding hydrogens is 304 g/mol. The van der Waals surface area contributed by atoms with E-state index in [1.807, 2.05) is 12.1 Å². The van der Waals surface area contributed by atoms with Crippen LogP contribution in [0.3, 0.4) is 0 Å². The number of pyridine rings is 1. The second-order valence-corrected chi connectivity index (χ2v) is 6.38. The number of carboxylic acids is 1. The minimum atomic E-state index is -1.06. The predicted octanol–water partition coefficient (Wildman–Crippen LogP) is 2.27. The van der Waals surface area contributed by atoms with Crippen LogP contribution >= 0.6 is 27.7 Å². The van der Waals surface area contributed by atoms with Crippen molar-refractivity contribution in [3.05, 3.63) is 22.8 Å². The number of hydrogen-bond acceptors (Lipinski definition) is 4. The molecule has 2 atom stereocenters. The Labute approximate surface area is 112 Å². The fourth-order valence-corrected chi connectivity index (χ4v) is 3.71. The van der Waals surface area contributed by atoms with E-state index in [1.54, 1.807) is 18.0 Å². The quantitative estimate of drug-likeness (QED) is 0.894. The van der Waals surface area contributed by atoms with Crippen LogP contribution < -0.4 is 5.73 Å². The highest BCUT2D eigenvalue weighted by Gasteiger charge is 2.42. The summed E-state index contributed by atoms with van der Waals surface area (Å²) in [6, 6.07) is 3.78. The molecule has 0 aliphatic heterocycles. The number of halogens is 1. The highest BCUT2D eigenvalue weighted by molar-refractivity contribution is 9.10. The number of aliphatic carboxylic acids is 1. The third-order valence-electron chi connectivity index (χ3n) is 2.93. The standard InChI is InChI=1S/C11H13BrN2O2S/c12-8-2-1-5-14-9(8)17-7-3-4-11(13,6-7)10(15)16/h1-2,5,7H,3-4,6,13H2,(H,15,16). The van der Waals surface area contributed by atoms with Gasteiger partial charge in [0.25, 0.3) is 0 Å². The third kappa shape index (κ3) is 2.81. The van der Waals surface area contributed by atoms with Gasteiger partial charge in [0.2, 0.25) is 0 Å². The van der Waals surface area contributed by atoms with E-state index >= 15 is 0 Å². The zero-order valence-corrected chi connectivity index (χ0v) is 11.5. The number of nitrogens with two attached hydrogens (primary N) is 1. The monoisotopic (exact) mass is 316 g/mol. The number of thioether (sulfide) groups is 1. The molecule has 3 N–H and O–H groups in total. The Balaban J connectivity index is 2.04. The van der Waals surface area contributed by atoms with Gasteiger partial charge in [-0.1, -0.05) is 0 Å². The minimum Gasteiger partial charge on any atom is -0.480 e. The molecule has 1 aromatic rings. The van der Waals surface area contributed by atoms with Crippen LogP contribution in [-0.4, -0.2) is 26.8 Å². The summed E-state index contributed by atoms with van der Waals surface area (Å²) < 4.78 is 0.940. The van der Waals surface area contributed by atoms with E-state index in [-0.39, 0.29) is 5.25 Å². The molecule has 1 aromatic heterocycles. The van der Waals surface area contributed by atoms with Crippen molar-refractivity contribution in [2.24, 2.45) is 5.73 Å². The second kappa shape index (κ2) is 4.96. The van der Waals surface area contributed by atoms with Crippen molar-refractivity contribution in [3.8, 4) is 0 Å². The molecule has 0 spiro atoms. The van der Waals surface area contributed by atoms with E-state index in [9.17, 15) is 4.79 Å². The van der Waals surface area contributed by atoms with E-state index in [1.165, 1.54) is 0 Å². The molecule has 0 bridgehead atoms. The molecule has 4 nitrogen and oxygen atoms in total. The Morgan fingerprint density at radius 2 is 2.47 bits per heavy atom. The van der Waals surface area contributed by atoms with Crippen molar-refractivity contribution in [1.82, 2.24) is 4.98 Å². The number of carboxylic acid groups (broad SMARTS) is 1. The molecule has 92 valence electrons. The first-order valence-electron chi connectivity index (χ1n) is 5.31. The number of hydrogen-bond donors (Lipinski definition) is 2. The lowest BCUT2D eigenvalue weighted by Crippen LogP contribution is -2.45. The number of nitrogens with zero attached hydrogens (tertiary/aromatic N) is 1. The molecule has 0 saturated heterocycles. The fraction of sp³-hybridized carbons (Fsp3) is 0.455. The van der Waals surface area contributed by atoms with Gasteiger partial charge in [-0.25, -0.2) is 4.98 Å². The largest absolute Gasteiger partial charge is 0.480 e. The summed E-state index contributed by atoms with van der Waals surface area (Å²) in [4.78, 5) is 15.3. The first-order chi connectivity index (χ1) is 8.01. The van der Waals surface area contributed by atoms with Gasteiger partial charge in [-0.2, -0.15) is 0 Å². The summed E-state index contributed by atoms with van der Waals surface area (Å²) in [7, 11) is 0. The van der Waals surface area contributed by atoms with Crippen molar-refractivity contribution in [1.29, 1.82) is 0 Å². The molecule has 17 heavy (non-hydrogen) atoms. The van der Waals surface area contributed by atoms with Gasteiger partial charge < -0.3 is 10.8 Å². The molecule has 0 radical (unpaired) electrons. The van der Waals surface area contributed by atoms with Crippen molar-refractivity contribution in [2.75, 3.05) is 0 Å². The van der Waals surface area contributed by atoms with Crippen molar-refractivity contribution < 1.29 is 9.90 Å². The Hall–Kier alpha value is -0.590. The Morgan fingerprint density at radius 1 is 1.71 bits per heavy atom. The van der Waals surface area contributed by atoms with Gasteiger partial charge in [-0.3, -0.25) is 4.79 Å². The van der Waals surface area contributed by atoms with Gasteiger partial charge in [-0.05, 0) is 47.3 Å². The summed E-state index contributed by atoms with van der Waals surface area (Å²) in [5.41, 5.74) is 4.78. The molecule has 0 aromatic carbocycles. The Bertz CT molecular complexity index is 443. The first kappa shape index (κ1) is 12.9. The van der Waals surface area contributed by atoms with E-state index in [2.05, 4.69) is 20.9 Å². The zero-order valence-electron chi connectivity index (χ0n) is 9.10. The van der Waals surface area contributed by atoms with Crippen molar-refractivity contribution in [3.63, 3.8) is 0 Å². The van der Waals surface area contributed by atoms with Gasteiger partial charge in [0.15, 0.2) is 0 Å². The summed E-state index contributed by atoms with van der Waals surface area (Å²) in [5, 5.41) is 10.2. The molecule has 1 fully saturated rings. The minimum absolute atomic E-state index is 0.224. The molecule has 0 amide bonds. The molecule has 2 rings (SSSR count). The lowest BCUT2D eigenvalue weighted by Gasteiger charge is -2.17. The van der Waals surface area contributed by atoms with E-state index in [0.717, 1.165) is 15.9 Å². The van der Waals surface area contributed by atoms with E-state index in [0.29, 0.717) is 12.8 Å². The normalized spacial score (nSPS) is 28.2. The second-order valence-electron chi connectivity index (χ2n) is 4.23. The average molecular weight is 317 g/mol. The first-order valence-corrected chi connectivity index (χ1v) is 6.98. The predicted molar refractivity (Wildman–Crippen MR) is 70.0 cm³/mol.